The van der Waals surface area contributed by atoms with Gasteiger partial charge in [-0.25, -0.2) is 4.79 Å². The van der Waals surface area contributed by atoms with Crippen LogP contribution in [0.15, 0.2) is 59.0 Å². The van der Waals surface area contributed by atoms with E-state index in [2.05, 4.69) is 5.32 Å². The topological polar surface area (TPSA) is 79.2 Å². The van der Waals surface area contributed by atoms with Crippen LogP contribution in [0.3, 0.4) is 0 Å². The Hall–Kier alpha value is -3.18. The first-order valence-electron chi connectivity index (χ1n) is 8.53. The second-order valence-electron chi connectivity index (χ2n) is 6.02. The molecule has 0 aliphatic heterocycles. The number of esters is 1. The van der Waals surface area contributed by atoms with Crippen molar-refractivity contribution in [3.8, 4) is 6.07 Å². The number of hydrogen-bond donors (Lipinski definition) is 1. The van der Waals surface area contributed by atoms with Crippen LogP contribution in [0.5, 0.6) is 0 Å². The molecule has 1 amide bonds. The number of nitrogens with zero attached hydrogens (tertiary/aromatic N) is 1. The van der Waals surface area contributed by atoms with Crippen LogP contribution >= 0.6 is 11.8 Å². The average Bonchev–Trinajstić information content (AvgIpc) is 2.68. The van der Waals surface area contributed by atoms with Crippen LogP contribution < -0.4 is 5.32 Å². The zero-order chi connectivity index (χ0) is 21.4. The number of hydrogen-bond acceptors (Lipinski definition) is 5. The molecule has 0 heterocycles. The summed E-state index contributed by atoms with van der Waals surface area (Å²) in [5.74, 6) is -4.06. The van der Waals surface area contributed by atoms with Gasteiger partial charge in [-0.2, -0.15) is 14.0 Å². The second-order valence-corrected chi connectivity index (χ2v) is 7.08. The third-order valence-electron chi connectivity index (χ3n) is 3.73. The van der Waals surface area contributed by atoms with E-state index in [1.165, 1.54) is 37.3 Å². The molecule has 2 aromatic carbocycles. The lowest BCUT2D eigenvalue weighted by molar-refractivity contribution is -0.148. The summed E-state index contributed by atoms with van der Waals surface area (Å²) >= 11 is 0.396. The average molecular weight is 416 g/mol. The molecular weight excluding hydrogens is 398 g/mol. The van der Waals surface area contributed by atoms with Crippen LogP contribution in [0.4, 0.5) is 14.5 Å². The molecular formula is C21H18F2N2O3S. The Bertz CT molecular complexity index is 936. The number of ether oxygens (including phenoxy) is 1. The Balaban J connectivity index is 1.97. The highest BCUT2D eigenvalue weighted by Gasteiger charge is 2.20. The smallest absolute Gasteiger partial charge is 0.349 e. The van der Waals surface area contributed by atoms with Crippen molar-refractivity contribution in [1.82, 2.24) is 0 Å². The van der Waals surface area contributed by atoms with Gasteiger partial charge in [0.15, 0.2) is 6.10 Å². The lowest BCUT2D eigenvalue weighted by Crippen LogP contribution is -2.30. The van der Waals surface area contributed by atoms with Crippen molar-refractivity contribution in [3.05, 3.63) is 65.2 Å². The molecule has 150 valence electrons. The molecule has 0 aliphatic rings. The Morgan fingerprint density at radius 1 is 1.14 bits per heavy atom. The first-order chi connectivity index (χ1) is 13.8. The normalized spacial score (nSPS) is 12.2. The van der Waals surface area contributed by atoms with E-state index in [1.54, 1.807) is 18.2 Å². The van der Waals surface area contributed by atoms with Gasteiger partial charge < -0.3 is 10.1 Å². The lowest BCUT2D eigenvalue weighted by Gasteiger charge is -2.13. The van der Waals surface area contributed by atoms with Crippen LogP contribution in [0.2, 0.25) is 0 Å². The summed E-state index contributed by atoms with van der Waals surface area (Å²) in [4.78, 5) is 24.8. The summed E-state index contributed by atoms with van der Waals surface area (Å²) in [7, 11) is 0. The molecule has 29 heavy (non-hydrogen) atoms. The number of nitriles is 1. The second kappa shape index (κ2) is 10.4. The molecule has 2 rings (SSSR count). The fraction of sp³-hybridized carbons (Fsp3) is 0.190. The van der Waals surface area contributed by atoms with Gasteiger partial charge in [-0.05, 0) is 49.8 Å². The quantitative estimate of drug-likeness (QED) is 0.304. The van der Waals surface area contributed by atoms with Gasteiger partial charge in [-0.15, -0.1) is 0 Å². The number of nitrogens with one attached hydrogen (secondary N) is 1. The van der Waals surface area contributed by atoms with E-state index in [0.29, 0.717) is 27.9 Å². The van der Waals surface area contributed by atoms with Gasteiger partial charge in [-0.1, -0.05) is 41.6 Å². The van der Waals surface area contributed by atoms with Crippen molar-refractivity contribution < 1.29 is 23.1 Å². The van der Waals surface area contributed by atoms with Crippen LogP contribution in [-0.2, 0) is 14.3 Å². The summed E-state index contributed by atoms with van der Waals surface area (Å²) in [6.45, 7) is 3.29. The number of carbonyl (C=O) groups excluding carboxylic acids is 2. The molecule has 0 bridgehead atoms. The molecule has 0 aromatic heterocycles. The minimum atomic E-state index is -2.53. The lowest BCUT2D eigenvalue weighted by atomic mass is 10.1. The molecule has 0 unspecified atom stereocenters. The van der Waals surface area contributed by atoms with Gasteiger partial charge in [0.1, 0.15) is 11.6 Å². The maximum atomic E-state index is 12.3. The number of rotatable bonds is 7. The van der Waals surface area contributed by atoms with Crippen molar-refractivity contribution in [2.45, 2.75) is 30.6 Å². The molecule has 0 radical (unpaired) electrons. The number of alkyl halides is 2. The van der Waals surface area contributed by atoms with Crippen molar-refractivity contribution in [2.24, 2.45) is 0 Å². The highest BCUT2D eigenvalue weighted by molar-refractivity contribution is 7.99. The highest BCUT2D eigenvalue weighted by Crippen LogP contribution is 2.26. The number of thioether (sulfide) groups is 1. The monoisotopic (exact) mass is 416 g/mol. The molecule has 1 N–H and O–H groups in total. The molecule has 0 spiro atoms. The van der Waals surface area contributed by atoms with Crippen molar-refractivity contribution in [3.63, 3.8) is 0 Å². The van der Waals surface area contributed by atoms with Crippen LogP contribution in [0.1, 0.15) is 18.1 Å². The number of anilines is 1. The number of halogens is 2. The predicted molar refractivity (Wildman–Crippen MR) is 107 cm³/mol. The van der Waals surface area contributed by atoms with E-state index in [9.17, 15) is 23.6 Å². The highest BCUT2D eigenvalue weighted by atomic mass is 32.2. The summed E-state index contributed by atoms with van der Waals surface area (Å²) in [6.07, 6.45) is 0.221. The summed E-state index contributed by atoms with van der Waals surface area (Å²) in [5, 5.41) is 11.7. The first-order valence-corrected chi connectivity index (χ1v) is 9.41. The summed E-state index contributed by atoms with van der Waals surface area (Å²) in [5.41, 5.74) is 1.83. The minimum absolute atomic E-state index is 0.234. The van der Waals surface area contributed by atoms with Crippen molar-refractivity contribution in [2.75, 3.05) is 5.32 Å². The van der Waals surface area contributed by atoms with Gasteiger partial charge in [0.2, 0.25) is 0 Å². The van der Waals surface area contributed by atoms with Crippen molar-refractivity contribution >= 4 is 35.4 Å². The van der Waals surface area contributed by atoms with Gasteiger partial charge in [-0.3, -0.25) is 4.79 Å². The predicted octanol–water partition coefficient (Wildman–Crippen LogP) is 4.79. The molecule has 0 saturated carbocycles. The Kier molecular flexibility index (Phi) is 7.92. The molecule has 0 saturated heterocycles. The largest absolute Gasteiger partial charge is 0.448 e. The molecule has 0 aliphatic carbocycles. The fourth-order valence-electron chi connectivity index (χ4n) is 2.21. The van der Waals surface area contributed by atoms with E-state index in [1.807, 2.05) is 19.1 Å². The van der Waals surface area contributed by atoms with Gasteiger partial charge in [0, 0.05) is 10.6 Å². The minimum Gasteiger partial charge on any atom is -0.448 e. The molecule has 1 atom stereocenters. The first kappa shape index (κ1) is 22.1. The van der Waals surface area contributed by atoms with Gasteiger partial charge in [0.25, 0.3) is 11.7 Å². The fourth-order valence-corrected chi connectivity index (χ4v) is 2.71. The molecule has 8 heteroatoms. The van der Waals surface area contributed by atoms with E-state index in [4.69, 9.17) is 4.74 Å². The third kappa shape index (κ3) is 7.05. The van der Waals surface area contributed by atoms with Crippen molar-refractivity contribution in [1.29, 1.82) is 5.26 Å². The van der Waals surface area contributed by atoms with E-state index in [0.717, 1.165) is 5.56 Å². The number of aryl methyl sites for hydroxylation is 1. The zero-order valence-electron chi connectivity index (χ0n) is 15.7. The summed E-state index contributed by atoms with van der Waals surface area (Å²) in [6, 6.07) is 14.8. The van der Waals surface area contributed by atoms with Crippen LogP contribution in [-0.4, -0.2) is 23.7 Å². The van der Waals surface area contributed by atoms with E-state index >= 15 is 0 Å². The van der Waals surface area contributed by atoms with Crippen LogP contribution in [0, 0.1) is 18.3 Å². The zero-order valence-corrected chi connectivity index (χ0v) is 16.5. The van der Waals surface area contributed by atoms with Gasteiger partial charge >= 0.3 is 5.97 Å². The Morgan fingerprint density at radius 3 is 2.31 bits per heavy atom. The molecule has 0 fully saturated rings. The maximum Gasteiger partial charge on any atom is 0.349 e. The Morgan fingerprint density at radius 2 is 1.76 bits per heavy atom. The number of benzene rings is 2. The van der Waals surface area contributed by atoms with Crippen LogP contribution in [0.25, 0.3) is 6.08 Å². The standard InChI is InChI=1S/C21H18F2N2O3S/c1-13-3-5-15(6-4-13)11-16(12-24)20(27)28-14(2)19(26)25-17-7-9-18(10-8-17)29-21(22)23/h3-11,14,21H,1-2H3,(H,25,26)/b16-11+/t14-/m1/s1. The summed E-state index contributed by atoms with van der Waals surface area (Å²) < 4.78 is 29.7. The van der Waals surface area contributed by atoms with E-state index < -0.39 is 23.7 Å². The SMILES string of the molecule is Cc1ccc(/C=C(\C#N)C(=O)O[C@H](C)C(=O)Nc2ccc(SC(F)F)cc2)cc1. The number of amides is 1. The Labute approximate surface area is 171 Å². The van der Waals surface area contributed by atoms with Gasteiger partial charge in [0.05, 0.1) is 0 Å². The van der Waals surface area contributed by atoms with E-state index in [-0.39, 0.29) is 5.57 Å². The number of carbonyl (C=O) groups is 2. The third-order valence-corrected chi connectivity index (χ3v) is 4.45. The molecule has 2 aromatic rings. The molecule has 5 nitrogen and oxygen atoms in total. The maximum absolute atomic E-state index is 12.3.